The zero-order valence-electron chi connectivity index (χ0n) is 15.6. The van der Waals surface area contributed by atoms with Gasteiger partial charge in [0.25, 0.3) is 0 Å². The molecule has 0 saturated carbocycles. The van der Waals surface area contributed by atoms with Crippen LogP contribution in [0.5, 0.6) is 0 Å². The average Bonchev–Trinajstić information content (AvgIpc) is 2.70. The molecule has 27 heavy (non-hydrogen) atoms. The Morgan fingerprint density at radius 3 is 2.48 bits per heavy atom. The Labute approximate surface area is 164 Å². The molecule has 0 radical (unpaired) electrons. The number of aliphatic imine (C=N–C) groups is 1. The minimum Gasteiger partial charge on any atom is -0.466 e. The summed E-state index contributed by atoms with van der Waals surface area (Å²) >= 11 is 6.02. The Morgan fingerprint density at radius 1 is 1.19 bits per heavy atom. The maximum Gasteiger partial charge on any atom is 0.337 e. The Kier molecular flexibility index (Phi) is 5.81. The summed E-state index contributed by atoms with van der Waals surface area (Å²) in [6.07, 6.45) is 0. The van der Waals surface area contributed by atoms with E-state index in [-0.39, 0.29) is 12.0 Å². The number of allylic oxidation sites excluding steroid dienone is 1. The molecular formula is C21H22ClN3O2. The third-order valence-corrected chi connectivity index (χ3v) is 4.89. The molecule has 0 aromatic heterocycles. The topological polar surface area (TPSA) is 53.9 Å². The standard InChI is InChI=1S/C21H22ClN3O2/c1-14-18(20(26)27-3)19(16-9-11-17(22)12-10-16)24-21(25(14)2)23-13-15-7-5-4-6-8-15/h4-12,19H,13H2,1-3H3,(H,23,24). The number of carbonyl (C=O) groups excluding carboxylic acids is 1. The number of nitrogens with one attached hydrogen (secondary N) is 1. The maximum absolute atomic E-state index is 12.4. The Bertz CT molecular complexity index is 876. The van der Waals surface area contributed by atoms with Crippen LogP contribution in [0.15, 0.2) is 70.9 Å². The number of hydrogen-bond acceptors (Lipinski definition) is 3. The zero-order chi connectivity index (χ0) is 19.4. The first-order chi connectivity index (χ1) is 13.0. The van der Waals surface area contributed by atoms with Crippen LogP contribution in [-0.2, 0) is 16.1 Å². The molecule has 0 amide bonds. The Morgan fingerprint density at radius 2 is 1.85 bits per heavy atom. The molecule has 3 rings (SSSR count). The fourth-order valence-electron chi connectivity index (χ4n) is 3.03. The van der Waals surface area contributed by atoms with E-state index >= 15 is 0 Å². The van der Waals surface area contributed by atoms with E-state index in [9.17, 15) is 4.79 Å². The predicted molar refractivity (Wildman–Crippen MR) is 107 cm³/mol. The highest BCUT2D eigenvalue weighted by molar-refractivity contribution is 6.30. The maximum atomic E-state index is 12.4. The summed E-state index contributed by atoms with van der Waals surface area (Å²) in [5.74, 6) is 0.331. The van der Waals surface area contributed by atoms with Crippen LogP contribution in [0, 0.1) is 0 Å². The van der Waals surface area contributed by atoms with Crippen LogP contribution >= 0.6 is 11.6 Å². The van der Waals surface area contributed by atoms with Gasteiger partial charge in [-0.3, -0.25) is 0 Å². The lowest BCUT2D eigenvalue weighted by Gasteiger charge is -2.36. The average molecular weight is 384 g/mol. The van der Waals surface area contributed by atoms with Crippen molar-refractivity contribution in [1.82, 2.24) is 10.2 Å². The van der Waals surface area contributed by atoms with Crippen molar-refractivity contribution in [2.75, 3.05) is 14.2 Å². The van der Waals surface area contributed by atoms with E-state index in [4.69, 9.17) is 21.3 Å². The predicted octanol–water partition coefficient (Wildman–Crippen LogP) is 3.92. The number of halogens is 1. The monoisotopic (exact) mass is 383 g/mol. The molecule has 2 aromatic carbocycles. The summed E-state index contributed by atoms with van der Waals surface area (Å²) in [5.41, 5.74) is 3.39. The largest absolute Gasteiger partial charge is 0.466 e. The molecule has 0 aliphatic carbocycles. The molecule has 1 atom stereocenters. The van der Waals surface area contributed by atoms with E-state index in [0.717, 1.165) is 16.8 Å². The molecule has 0 bridgehead atoms. The molecule has 1 aliphatic rings. The van der Waals surface area contributed by atoms with Gasteiger partial charge in [-0.15, -0.1) is 0 Å². The second kappa shape index (κ2) is 8.27. The van der Waals surface area contributed by atoms with Crippen LogP contribution in [0.2, 0.25) is 5.02 Å². The van der Waals surface area contributed by atoms with E-state index in [0.29, 0.717) is 23.1 Å². The van der Waals surface area contributed by atoms with Gasteiger partial charge in [-0.1, -0.05) is 54.1 Å². The van der Waals surface area contributed by atoms with Crippen molar-refractivity contribution in [3.05, 3.63) is 82.0 Å². The molecular weight excluding hydrogens is 362 g/mol. The first kappa shape index (κ1) is 19.0. The molecule has 140 valence electrons. The molecule has 6 heteroatoms. The van der Waals surface area contributed by atoms with Gasteiger partial charge in [0.2, 0.25) is 0 Å². The molecule has 0 fully saturated rings. The number of carbonyl (C=O) groups is 1. The molecule has 1 N–H and O–H groups in total. The quantitative estimate of drug-likeness (QED) is 0.813. The summed E-state index contributed by atoms with van der Waals surface area (Å²) in [7, 11) is 3.27. The fourth-order valence-corrected chi connectivity index (χ4v) is 3.15. The first-order valence-corrected chi connectivity index (χ1v) is 9.02. The number of rotatable bonds is 4. The molecule has 0 spiro atoms. The van der Waals surface area contributed by atoms with Crippen LogP contribution in [0.1, 0.15) is 24.1 Å². The summed E-state index contributed by atoms with van der Waals surface area (Å²) < 4.78 is 5.02. The van der Waals surface area contributed by atoms with E-state index in [2.05, 4.69) is 5.32 Å². The molecule has 5 nitrogen and oxygen atoms in total. The van der Waals surface area contributed by atoms with Crippen molar-refractivity contribution in [1.29, 1.82) is 0 Å². The first-order valence-electron chi connectivity index (χ1n) is 8.64. The number of hydrogen-bond donors (Lipinski definition) is 1. The van der Waals surface area contributed by atoms with Crippen molar-refractivity contribution < 1.29 is 9.53 Å². The number of guanidine groups is 1. The lowest BCUT2D eigenvalue weighted by Crippen LogP contribution is -2.47. The van der Waals surface area contributed by atoms with Crippen LogP contribution in [0.3, 0.4) is 0 Å². The van der Waals surface area contributed by atoms with Gasteiger partial charge in [0, 0.05) is 17.8 Å². The number of esters is 1. The van der Waals surface area contributed by atoms with Crippen molar-refractivity contribution in [2.45, 2.75) is 19.5 Å². The van der Waals surface area contributed by atoms with Gasteiger partial charge in [-0.05, 0) is 30.2 Å². The third-order valence-electron chi connectivity index (χ3n) is 4.64. The highest BCUT2D eigenvalue weighted by atomic mass is 35.5. The Hall–Kier alpha value is -2.79. The fraction of sp³-hybridized carbons (Fsp3) is 0.238. The third kappa shape index (κ3) is 4.14. The lowest BCUT2D eigenvalue weighted by molar-refractivity contribution is -0.136. The minimum atomic E-state index is -0.367. The van der Waals surface area contributed by atoms with Crippen molar-refractivity contribution in [2.24, 2.45) is 4.99 Å². The van der Waals surface area contributed by atoms with Crippen LogP contribution < -0.4 is 5.32 Å². The molecule has 1 unspecified atom stereocenters. The van der Waals surface area contributed by atoms with Crippen molar-refractivity contribution in [3.8, 4) is 0 Å². The van der Waals surface area contributed by atoms with Gasteiger partial charge >= 0.3 is 5.97 Å². The van der Waals surface area contributed by atoms with E-state index in [1.54, 1.807) is 0 Å². The van der Waals surface area contributed by atoms with E-state index in [1.165, 1.54) is 7.11 Å². The summed E-state index contributed by atoms with van der Waals surface area (Å²) in [5, 5.41) is 4.02. The molecule has 2 aromatic rings. The highest BCUT2D eigenvalue weighted by Crippen LogP contribution is 2.31. The second-order valence-electron chi connectivity index (χ2n) is 6.30. The van der Waals surface area contributed by atoms with Crippen LogP contribution in [0.4, 0.5) is 0 Å². The number of ether oxygens (including phenoxy) is 1. The number of benzene rings is 2. The van der Waals surface area contributed by atoms with Gasteiger partial charge in [0.15, 0.2) is 5.96 Å². The van der Waals surface area contributed by atoms with Gasteiger partial charge in [-0.2, -0.15) is 0 Å². The highest BCUT2D eigenvalue weighted by Gasteiger charge is 2.33. The Balaban J connectivity index is 1.99. The van der Waals surface area contributed by atoms with Gasteiger partial charge in [0.1, 0.15) is 0 Å². The normalized spacial score (nSPS) is 18.4. The molecule has 1 heterocycles. The minimum absolute atomic E-state index is 0.361. The number of nitrogens with zero attached hydrogens (tertiary/aromatic N) is 2. The molecule has 1 aliphatic heterocycles. The van der Waals surface area contributed by atoms with Crippen LogP contribution in [-0.4, -0.2) is 31.0 Å². The van der Waals surface area contributed by atoms with Crippen LogP contribution in [0.25, 0.3) is 0 Å². The van der Waals surface area contributed by atoms with E-state index in [1.807, 2.05) is 73.5 Å². The van der Waals surface area contributed by atoms with E-state index < -0.39 is 0 Å². The van der Waals surface area contributed by atoms with Gasteiger partial charge in [-0.25, -0.2) is 9.79 Å². The number of methoxy groups -OCH3 is 1. The van der Waals surface area contributed by atoms with Crippen molar-refractivity contribution in [3.63, 3.8) is 0 Å². The molecule has 0 saturated heterocycles. The zero-order valence-corrected chi connectivity index (χ0v) is 16.3. The smallest absolute Gasteiger partial charge is 0.337 e. The summed E-state index contributed by atoms with van der Waals surface area (Å²) in [4.78, 5) is 19.0. The summed E-state index contributed by atoms with van der Waals surface area (Å²) in [6, 6.07) is 17.1. The van der Waals surface area contributed by atoms with Gasteiger partial charge in [0.05, 0.1) is 25.3 Å². The second-order valence-corrected chi connectivity index (χ2v) is 6.74. The SMILES string of the molecule is COC(=O)C1=C(C)N(C)C(=NCc2ccccc2)NC1c1ccc(Cl)cc1. The van der Waals surface area contributed by atoms with Crippen molar-refractivity contribution >= 4 is 23.5 Å². The lowest BCUT2D eigenvalue weighted by atomic mass is 9.95. The summed E-state index contributed by atoms with van der Waals surface area (Å²) in [6.45, 7) is 2.44. The van der Waals surface area contributed by atoms with Gasteiger partial charge < -0.3 is 15.0 Å².